The first kappa shape index (κ1) is 37.2. The third kappa shape index (κ3) is 10.2. The maximum atomic E-state index is 14.4. The molecule has 1 aliphatic heterocycles. The molecule has 260 valence electrons. The molecular formula is C36H46ClN3O7S. The number of rotatable bonds is 9. The molecule has 0 unspecified atom stereocenters. The Bertz CT molecular complexity index is 1620. The molecule has 0 bridgehead atoms. The minimum absolute atomic E-state index is 0.0193. The largest absolute Gasteiger partial charge is 0.490 e. The summed E-state index contributed by atoms with van der Waals surface area (Å²) in [6.07, 6.45) is 1.95. The summed E-state index contributed by atoms with van der Waals surface area (Å²) >= 11 is 5.95. The van der Waals surface area contributed by atoms with Gasteiger partial charge in [0.1, 0.15) is 5.75 Å². The van der Waals surface area contributed by atoms with Gasteiger partial charge in [0.25, 0.3) is 15.9 Å². The number of fused-ring (bicyclic) bond motifs is 1. The number of aliphatic hydroxyl groups is 1. The van der Waals surface area contributed by atoms with Gasteiger partial charge in [-0.15, -0.1) is 0 Å². The number of hydrogen-bond donors (Lipinski definition) is 2. The van der Waals surface area contributed by atoms with Crippen molar-refractivity contribution in [3.05, 3.63) is 88.9 Å². The first-order valence-electron chi connectivity index (χ1n) is 16.3. The molecule has 0 saturated heterocycles. The van der Waals surface area contributed by atoms with Crippen LogP contribution in [0.2, 0.25) is 5.02 Å². The molecule has 1 heterocycles. The van der Waals surface area contributed by atoms with Crippen molar-refractivity contribution in [2.24, 2.45) is 5.92 Å². The lowest BCUT2D eigenvalue weighted by Crippen LogP contribution is -2.48. The molecule has 0 aliphatic carbocycles. The van der Waals surface area contributed by atoms with Gasteiger partial charge in [-0.25, -0.2) is 8.42 Å². The van der Waals surface area contributed by atoms with Crippen molar-refractivity contribution in [3.63, 3.8) is 0 Å². The van der Waals surface area contributed by atoms with E-state index in [1.54, 1.807) is 35.9 Å². The molecule has 1 aliphatic rings. The summed E-state index contributed by atoms with van der Waals surface area (Å²) in [5.74, 6) is -0.377. The number of nitrogens with one attached hydrogen (secondary N) is 1. The Kier molecular flexibility index (Phi) is 13.3. The third-order valence-electron chi connectivity index (χ3n) is 8.51. The lowest BCUT2D eigenvalue weighted by atomic mass is 10.0. The summed E-state index contributed by atoms with van der Waals surface area (Å²) in [6.45, 7) is 6.36. The smallest absolute Gasteiger partial charge is 0.261 e. The second-order valence-electron chi connectivity index (χ2n) is 12.5. The van der Waals surface area contributed by atoms with Crippen LogP contribution in [0.15, 0.2) is 77.7 Å². The monoisotopic (exact) mass is 699 g/mol. The number of likely N-dealkylation sites (N-methyl/N-ethyl adjacent to an activating group) is 1. The number of aliphatic hydroxyl groups excluding tert-OH is 1. The molecule has 0 fully saturated rings. The summed E-state index contributed by atoms with van der Waals surface area (Å²) in [6, 6.07) is 19.4. The fraction of sp³-hybridized carbons (Fsp3) is 0.444. The Labute approximate surface area is 289 Å². The van der Waals surface area contributed by atoms with E-state index in [0.717, 1.165) is 18.4 Å². The van der Waals surface area contributed by atoms with E-state index >= 15 is 0 Å². The van der Waals surface area contributed by atoms with Gasteiger partial charge in [0.05, 0.1) is 41.7 Å². The van der Waals surface area contributed by atoms with Gasteiger partial charge in [-0.3, -0.25) is 14.3 Å². The van der Waals surface area contributed by atoms with E-state index in [2.05, 4.69) is 4.72 Å². The van der Waals surface area contributed by atoms with Crippen LogP contribution in [-0.4, -0.2) is 86.7 Å². The Morgan fingerprint density at radius 3 is 2.48 bits per heavy atom. The van der Waals surface area contributed by atoms with Crippen LogP contribution in [0.1, 0.15) is 56.0 Å². The molecule has 3 aromatic carbocycles. The lowest BCUT2D eigenvalue weighted by molar-refractivity contribution is -0.131. The van der Waals surface area contributed by atoms with Gasteiger partial charge in [0.2, 0.25) is 5.91 Å². The van der Waals surface area contributed by atoms with Gasteiger partial charge in [-0.05, 0) is 81.1 Å². The number of ether oxygens (including phenoxy) is 2. The molecule has 48 heavy (non-hydrogen) atoms. The van der Waals surface area contributed by atoms with Crippen LogP contribution < -0.4 is 9.46 Å². The maximum absolute atomic E-state index is 14.4. The highest BCUT2D eigenvalue weighted by atomic mass is 35.5. The molecule has 2 amide bonds. The molecule has 12 heteroatoms. The van der Waals surface area contributed by atoms with E-state index in [1.165, 1.54) is 30.3 Å². The number of amides is 2. The van der Waals surface area contributed by atoms with Crippen LogP contribution >= 0.6 is 11.6 Å². The van der Waals surface area contributed by atoms with E-state index in [9.17, 15) is 23.1 Å². The van der Waals surface area contributed by atoms with Gasteiger partial charge in [0.15, 0.2) is 0 Å². The van der Waals surface area contributed by atoms with Crippen molar-refractivity contribution >= 4 is 39.1 Å². The highest BCUT2D eigenvalue weighted by Crippen LogP contribution is 2.30. The van der Waals surface area contributed by atoms with Crippen LogP contribution in [-0.2, 0) is 26.0 Å². The molecule has 0 saturated carbocycles. The average Bonchev–Trinajstić information content (AvgIpc) is 3.06. The van der Waals surface area contributed by atoms with Gasteiger partial charge in [-0.2, -0.15) is 0 Å². The fourth-order valence-electron chi connectivity index (χ4n) is 5.55. The van der Waals surface area contributed by atoms with Gasteiger partial charge >= 0.3 is 0 Å². The predicted octanol–water partition coefficient (Wildman–Crippen LogP) is 5.64. The zero-order valence-electron chi connectivity index (χ0n) is 28.0. The second kappa shape index (κ2) is 17.1. The fourth-order valence-corrected chi connectivity index (χ4v) is 6.73. The normalized spacial score (nSPS) is 20.2. The van der Waals surface area contributed by atoms with E-state index in [-0.39, 0.29) is 59.8 Å². The maximum Gasteiger partial charge on any atom is 0.261 e. The van der Waals surface area contributed by atoms with E-state index in [1.807, 2.05) is 44.2 Å². The van der Waals surface area contributed by atoms with Gasteiger partial charge in [-0.1, -0.05) is 48.9 Å². The van der Waals surface area contributed by atoms with Gasteiger partial charge in [0, 0.05) is 43.4 Å². The number of anilines is 1. The highest BCUT2D eigenvalue weighted by Gasteiger charge is 2.31. The first-order valence-corrected chi connectivity index (χ1v) is 18.1. The zero-order chi connectivity index (χ0) is 34.8. The molecule has 3 aromatic rings. The summed E-state index contributed by atoms with van der Waals surface area (Å²) in [4.78, 5) is 30.7. The number of benzene rings is 3. The predicted molar refractivity (Wildman–Crippen MR) is 187 cm³/mol. The molecular weight excluding hydrogens is 654 g/mol. The standard InChI is InChI=1S/C36H46ClN3O7S/c1-25-22-40(26(2)24-41)36(43)32-21-30(38-48(44,45)31-16-13-29(37)14-17-31)15-18-33(32)47-27(3)10-8-9-19-46-34(25)23-39(4)35(42)20-28-11-6-5-7-12-28/h5-7,11-18,21,25-27,34,38,41H,8-10,19-20,22-24H2,1-4H3/t25-,26+,27-,34-/m1/s1. The van der Waals surface area contributed by atoms with Crippen molar-refractivity contribution < 1.29 is 32.6 Å². The quantitative estimate of drug-likeness (QED) is 0.296. The van der Waals surface area contributed by atoms with Crippen LogP contribution in [0.25, 0.3) is 0 Å². The molecule has 0 aromatic heterocycles. The zero-order valence-corrected chi connectivity index (χ0v) is 29.5. The molecule has 2 N–H and O–H groups in total. The average molecular weight is 700 g/mol. The van der Waals surface area contributed by atoms with Crippen LogP contribution in [0.3, 0.4) is 0 Å². The number of carbonyl (C=O) groups excluding carboxylic acids is 2. The van der Waals surface area contributed by atoms with Crippen molar-refractivity contribution in [2.45, 2.75) is 69.6 Å². The van der Waals surface area contributed by atoms with Gasteiger partial charge < -0.3 is 24.4 Å². The van der Waals surface area contributed by atoms with E-state index < -0.39 is 22.0 Å². The Balaban J connectivity index is 1.63. The van der Waals surface area contributed by atoms with Crippen LogP contribution in [0.4, 0.5) is 5.69 Å². The Morgan fingerprint density at radius 1 is 1.08 bits per heavy atom. The molecule has 4 rings (SSSR count). The summed E-state index contributed by atoms with van der Waals surface area (Å²) in [5, 5.41) is 10.6. The highest BCUT2D eigenvalue weighted by molar-refractivity contribution is 7.92. The number of halogens is 1. The minimum atomic E-state index is -3.99. The topological polar surface area (TPSA) is 125 Å². The lowest BCUT2D eigenvalue weighted by Gasteiger charge is -2.36. The van der Waals surface area contributed by atoms with Crippen molar-refractivity contribution in [2.75, 3.05) is 38.1 Å². The third-order valence-corrected chi connectivity index (χ3v) is 10.2. The SMILES string of the molecule is C[C@@H]1CCCCO[C@H](CN(C)C(=O)Cc2ccccc2)[C@H](C)CN([C@@H](C)CO)C(=O)c2cc(NS(=O)(=O)c3ccc(Cl)cc3)ccc2O1. The van der Waals surface area contributed by atoms with Crippen molar-refractivity contribution in [1.29, 1.82) is 0 Å². The second-order valence-corrected chi connectivity index (χ2v) is 14.6. The van der Waals surface area contributed by atoms with Crippen molar-refractivity contribution in [3.8, 4) is 5.75 Å². The first-order chi connectivity index (χ1) is 22.9. The Morgan fingerprint density at radius 2 is 1.79 bits per heavy atom. The van der Waals surface area contributed by atoms with E-state index in [4.69, 9.17) is 21.1 Å². The number of sulfonamides is 1. The molecule has 10 nitrogen and oxygen atoms in total. The van der Waals surface area contributed by atoms with Crippen molar-refractivity contribution in [1.82, 2.24) is 9.80 Å². The number of carbonyl (C=O) groups is 2. The van der Waals surface area contributed by atoms with E-state index in [0.29, 0.717) is 30.3 Å². The summed E-state index contributed by atoms with van der Waals surface area (Å²) < 4.78 is 41.5. The molecule has 0 spiro atoms. The Hall–Kier alpha value is -3.64. The number of hydrogen-bond acceptors (Lipinski definition) is 7. The molecule has 0 radical (unpaired) electrons. The van der Waals surface area contributed by atoms with Crippen LogP contribution in [0.5, 0.6) is 5.75 Å². The molecule has 4 atom stereocenters. The minimum Gasteiger partial charge on any atom is -0.490 e. The number of nitrogens with zero attached hydrogens (tertiary/aromatic N) is 2. The summed E-state index contributed by atoms with van der Waals surface area (Å²) in [7, 11) is -2.23. The van der Waals surface area contributed by atoms with Crippen LogP contribution in [0, 0.1) is 5.92 Å². The summed E-state index contributed by atoms with van der Waals surface area (Å²) in [5.41, 5.74) is 1.27.